The molecule has 0 saturated carbocycles. The van der Waals surface area contributed by atoms with Crippen LogP contribution in [0.2, 0.25) is 0 Å². The van der Waals surface area contributed by atoms with Crippen molar-refractivity contribution >= 4 is 23.1 Å². The van der Waals surface area contributed by atoms with E-state index in [0.29, 0.717) is 13.1 Å². The number of rotatable bonds is 6. The van der Waals surface area contributed by atoms with Crippen molar-refractivity contribution < 1.29 is 24.0 Å². The van der Waals surface area contributed by atoms with Crippen LogP contribution in [0.25, 0.3) is 5.57 Å². The minimum Gasteiger partial charge on any atom is -0.477 e. The number of methoxy groups -OCH3 is 1. The number of esters is 1. The number of benzene rings is 2. The van der Waals surface area contributed by atoms with Crippen LogP contribution < -0.4 is 4.74 Å². The van der Waals surface area contributed by atoms with Crippen LogP contribution in [0.1, 0.15) is 22.3 Å². The molecule has 0 N–H and O–H groups in total. The Hall–Kier alpha value is -3.68. The van der Waals surface area contributed by atoms with Crippen molar-refractivity contribution in [3.05, 3.63) is 75.8 Å². The molecule has 1 aliphatic heterocycles. The predicted octanol–water partition coefficient (Wildman–Crippen LogP) is 3.08. The number of nitro benzene ring substituents is 1. The first-order valence-electron chi connectivity index (χ1n) is 9.01. The van der Waals surface area contributed by atoms with Crippen molar-refractivity contribution in [2.75, 3.05) is 26.8 Å². The molecule has 0 fully saturated rings. The quantitative estimate of drug-likeness (QED) is 0.423. The van der Waals surface area contributed by atoms with Crippen LogP contribution in [-0.2, 0) is 9.53 Å². The fourth-order valence-corrected chi connectivity index (χ4v) is 3.07. The molecule has 1 heterocycles. The molecule has 0 radical (unpaired) electrons. The van der Waals surface area contributed by atoms with Gasteiger partial charge in [0.2, 0.25) is 0 Å². The Labute approximate surface area is 167 Å². The lowest BCUT2D eigenvalue weighted by Crippen LogP contribution is -2.37. The molecule has 1 aliphatic rings. The Morgan fingerprint density at radius 2 is 1.93 bits per heavy atom. The van der Waals surface area contributed by atoms with Crippen molar-refractivity contribution in [1.82, 2.24) is 4.90 Å². The highest BCUT2D eigenvalue weighted by Crippen LogP contribution is 2.28. The highest BCUT2D eigenvalue weighted by molar-refractivity contribution is 5.90. The topological polar surface area (TPSA) is 99.0 Å². The molecule has 3 rings (SSSR count). The highest BCUT2D eigenvalue weighted by atomic mass is 16.6. The van der Waals surface area contributed by atoms with Gasteiger partial charge in [0.05, 0.1) is 17.6 Å². The summed E-state index contributed by atoms with van der Waals surface area (Å²) in [4.78, 5) is 36.2. The number of carbonyl (C=O) groups is 2. The van der Waals surface area contributed by atoms with Gasteiger partial charge < -0.3 is 14.4 Å². The summed E-state index contributed by atoms with van der Waals surface area (Å²) < 4.78 is 9.95. The van der Waals surface area contributed by atoms with Gasteiger partial charge in [0, 0.05) is 19.2 Å². The summed E-state index contributed by atoms with van der Waals surface area (Å²) in [6, 6.07) is 13.7. The minimum atomic E-state index is -0.690. The SMILES string of the molecule is COC(=O)c1ccc(OCC(=O)N2CC=C(c3ccccc3)CC2)c([N+](=O)[O-])c1. The lowest BCUT2D eigenvalue weighted by Gasteiger charge is -2.26. The first-order valence-corrected chi connectivity index (χ1v) is 9.01. The van der Waals surface area contributed by atoms with Crippen LogP contribution in [0.15, 0.2) is 54.6 Å². The van der Waals surface area contributed by atoms with Gasteiger partial charge in [0.1, 0.15) is 0 Å². The third-order valence-electron chi connectivity index (χ3n) is 4.63. The van der Waals surface area contributed by atoms with E-state index in [4.69, 9.17) is 4.74 Å². The molecular weight excluding hydrogens is 376 g/mol. The summed E-state index contributed by atoms with van der Waals surface area (Å²) >= 11 is 0. The van der Waals surface area contributed by atoms with Crippen molar-refractivity contribution in [2.45, 2.75) is 6.42 Å². The molecular formula is C21H20N2O6. The van der Waals surface area contributed by atoms with Crippen LogP contribution in [0.5, 0.6) is 5.75 Å². The molecule has 1 amide bonds. The molecule has 0 aliphatic carbocycles. The Balaban J connectivity index is 1.63. The fraction of sp³-hybridized carbons (Fsp3) is 0.238. The zero-order valence-electron chi connectivity index (χ0n) is 15.9. The number of ether oxygens (including phenoxy) is 2. The summed E-state index contributed by atoms with van der Waals surface area (Å²) in [5.74, 6) is -1.03. The Bertz CT molecular complexity index is 955. The third kappa shape index (κ3) is 4.78. The van der Waals surface area contributed by atoms with Gasteiger partial charge in [-0.2, -0.15) is 0 Å². The molecule has 29 heavy (non-hydrogen) atoms. The Kier molecular flexibility index (Phi) is 6.23. The van der Waals surface area contributed by atoms with E-state index in [9.17, 15) is 19.7 Å². The monoisotopic (exact) mass is 396 g/mol. The second kappa shape index (κ2) is 9.01. The summed E-state index contributed by atoms with van der Waals surface area (Å²) in [6.45, 7) is 0.676. The fourth-order valence-electron chi connectivity index (χ4n) is 3.07. The van der Waals surface area contributed by atoms with E-state index in [0.717, 1.165) is 18.1 Å². The zero-order valence-corrected chi connectivity index (χ0v) is 15.9. The summed E-state index contributed by atoms with van der Waals surface area (Å²) in [5.41, 5.74) is 1.96. The summed E-state index contributed by atoms with van der Waals surface area (Å²) in [7, 11) is 1.19. The van der Waals surface area contributed by atoms with Gasteiger partial charge in [-0.05, 0) is 29.7 Å². The molecule has 150 valence electrons. The van der Waals surface area contributed by atoms with Gasteiger partial charge >= 0.3 is 11.7 Å². The van der Waals surface area contributed by atoms with E-state index in [1.165, 1.54) is 24.8 Å². The largest absolute Gasteiger partial charge is 0.477 e. The molecule has 0 spiro atoms. The average molecular weight is 396 g/mol. The van der Waals surface area contributed by atoms with Crippen molar-refractivity contribution in [3.63, 3.8) is 0 Å². The Morgan fingerprint density at radius 3 is 2.55 bits per heavy atom. The molecule has 8 heteroatoms. The average Bonchev–Trinajstić information content (AvgIpc) is 2.77. The van der Waals surface area contributed by atoms with Gasteiger partial charge in [0.25, 0.3) is 5.91 Å². The Morgan fingerprint density at radius 1 is 1.17 bits per heavy atom. The smallest absolute Gasteiger partial charge is 0.338 e. The standard InChI is InChI=1S/C21H20N2O6/c1-28-21(25)17-7-8-19(18(13-17)23(26)27)29-14-20(24)22-11-9-16(10-12-22)15-5-3-2-4-6-15/h2-9,13H,10-12,14H2,1H3. The van der Waals surface area contributed by atoms with Crippen LogP contribution in [0.4, 0.5) is 5.69 Å². The summed E-state index contributed by atoms with van der Waals surface area (Å²) in [6.07, 6.45) is 2.73. The molecule has 0 aromatic heterocycles. The van der Waals surface area contributed by atoms with Crippen molar-refractivity contribution in [2.24, 2.45) is 0 Å². The van der Waals surface area contributed by atoms with E-state index in [1.807, 2.05) is 36.4 Å². The van der Waals surface area contributed by atoms with Gasteiger partial charge in [-0.25, -0.2) is 4.79 Å². The molecule has 0 bridgehead atoms. The number of hydrogen-bond acceptors (Lipinski definition) is 6. The lowest BCUT2D eigenvalue weighted by molar-refractivity contribution is -0.385. The van der Waals surface area contributed by atoms with Gasteiger partial charge in [-0.1, -0.05) is 36.4 Å². The first-order chi connectivity index (χ1) is 14.0. The number of nitro groups is 1. The van der Waals surface area contributed by atoms with Gasteiger partial charge in [0.15, 0.2) is 12.4 Å². The van der Waals surface area contributed by atoms with Crippen LogP contribution >= 0.6 is 0 Å². The van der Waals surface area contributed by atoms with Crippen molar-refractivity contribution in [1.29, 1.82) is 0 Å². The zero-order chi connectivity index (χ0) is 20.8. The minimum absolute atomic E-state index is 0.0347. The maximum Gasteiger partial charge on any atom is 0.338 e. The predicted molar refractivity (Wildman–Crippen MR) is 106 cm³/mol. The maximum absolute atomic E-state index is 12.4. The van der Waals surface area contributed by atoms with Crippen LogP contribution in [0.3, 0.4) is 0 Å². The molecule has 8 nitrogen and oxygen atoms in total. The van der Waals surface area contributed by atoms with Crippen LogP contribution in [0, 0.1) is 10.1 Å². The number of hydrogen-bond donors (Lipinski definition) is 0. The summed E-state index contributed by atoms with van der Waals surface area (Å²) in [5, 5.41) is 11.3. The number of carbonyl (C=O) groups excluding carboxylic acids is 2. The van der Waals surface area contributed by atoms with E-state index in [2.05, 4.69) is 4.74 Å². The maximum atomic E-state index is 12.4. The highest BCUT2D eigenvalue weighted by Gasteiger charge is 2.22. The second-order valence-corrected chi connectivity index (χ2v) is 6.41. The molecule has 0 atom stereocenters. The molecule has 2 aromatic carbocycles. The second-order valence-electron chi connectivity index (χ2n) is 6.41. The first kappa shape index (κ1) is 20.1. The molecule has 0 unspecified atom stereocenters. The van der Waals surface area contributed by atoms with E-state index < -0.39 is 16.6 Å². The van der Waals surface area contributed by atoms with E-state index in [-0.39, 0.29) is 23.8 Å². The van der Waals surface area contributed by atoms with Crippen LogP contribution in [-0.4, -0.2) is 48.5 Å². The third-order valence-corrected chi connectivity index (χ3v) is 4.63. The number of nitrogens with zero attached hydrogens (tertiary/aromatic N) is 2. The van der Waals surface area contributed by atoms with Gasteiger partial charge in [-0.3, -0.25) is 14.9 Å². The normalized spacial score (nSPS) is 13.4. The van der Waals surface area contributed by atoms with Gasteiger partial charge in [-0.15, -0.1) is 0 Å². The van der Waals surface area contributed by atoms with Crippen molar-refractivity contribution in [3.8, 4) is 5.75 Å². The molecule has 2 aromatic rings. The van der Waals surface area contributed by atoms with E-state index >= 15 is 0 Å². The van der Waals surface area contributed by atoms with E-state index in [1.54, 1.807) is 4.90 Å². The number of amides is 1. The molecule has 0 saturated heterocycles. The lowest BCUT2D eigenvalue weighted by atomic mass is 10.00.